The minimum atomic E-state index is -0.00685. The van der Waals surface area contributed by atoms with E-state index in [9.17, 15) is 4.79 Å². The largest absolute Gasteiger partial charge is 0.381 e. The number of nitrogens with one attached hydrogen (secondary N) is 1. The van der Waals surface area contributed by atoms with E-state index in [-0.39, 0.29) is 17.4 Å². The predicted molar refractivity (Wildman–Crippen MR) is 46.8 cm³/mol. The van der Waals surface area contributed by atoms with Crippen molar-refractivity contribution in [1.82, 2.24) is 5.32 Å². The highest BCUT2D eigenvalue weighted by Crippen LogP contribution is 2.31. The molecule has 0 aromatic carbocycles. The van der Waals surface area contributed by atoms with Crippen LogP contribution in [0.3, 0.4) is 0 Å². The number of carbonyl (C=O) groups excluding carboxylic acids is 1. The van der Waals surface area contributed by atoms with Crippen LogP contribution in [0.4, 0.5) is 0 Å². The van der Waals surface area contributed by atoms with Crippen molar-refractivity contribution in [2.75, 3.05) is 13.2 Å². The summed E-state index contributed by atoms with van der Waals surface area (Å²) in [5, 5.41) is 2.90. The molecule has 0 saturated carbocycles. The summed E-state index contributed by atoms with van der Waals surface area (Å²) in [7, 11) is 0. The number of amides is 1. The second kappa shape index (κ2) is 3.44. The molecule has 1 aliphatic rings. The average molecular weight is 171 g/mol. The first-order chi connectivity index (χ1) is 5.58. The van der Waals surface area contributed by atoms with Gasteiger partial charge in [0, 0.05) is 24.5 Å². The van der Waals surface area contributed by atoms with Crippen molar-refractivity contribution in [3.8, 4) is 0 Å². The van der Waals surface area contributed by atoms with Crippen molar-refractivity contribution in [1.29, 1.82) is 0 Å². The molecule has 2 unspecified atom stereocenters. The van der Waals surface area contributed by atoms with E-state index in [2.05, 4.69) is 12.2 Å². The number of rotatable bonds is 3. The minimum Gasteiger partial charge on any atom is -0.381 e. The first kappa shape index (κ1) is 9.52. The summed E-state index contributed by atoms with van der Waals surface area (Å²) < 4.78 is 5.35. The summed E-state index contributed by atoms with van der Waals surface area (Å²) >= 11 is 0. The Labute approximate surface area is 73.5 Å². The Bertz CT molecular complexity index is 181. The van der Waals surface area contributed by atoms with Crippen LogP contribution in [0, 0.1) is 5.41 Å². The van der Waals surface area contributed by atoms with Crippen LogP contribution in [-0.2, 0) is 9.53 Å². The average Bonchev–Trinajstić information content (AvgIpc) is 2.23. The van der Waals surface area contributed by atoms with Crippen molar-refractivity contribution in [3.05, 3.63) is 0 Å². The van der Waals surface area contributed by atoms with Gasteiger partial charge in [0.15, 0.2) is 0 Å². The van der Waals surface area contributed by atoms with Crippen LogP contribution in [0.15, 0.2) is 0 Å². The SMILES string of the molecule is CCOCC1(C)CC(=O)NC1C. The summed E-state index contributed by atoms with van der Waals surface area (Å²) in [6.07, 6.45) is 0.591. The zero-order valence-corrected chi connectivity index (χ0v) is 8.02. The minimum absolute atomic E-state index is 0.00685. The van der Waals surface area contributed by atoms with Gasteiger partial charge in [0.2, 0.25) is 5.91 Å². The van der Waals surface area contributed by atoms with Gasteiger partial charge in [0.1, 0.15) is 0 Å². The van der Waals surface area contributed by atoms with Crippen LogP contribution >= 0.6 is 0 Å². The van der Waals surface area contributed by atoms with E-state index < -0.39 is 0 Å². The quantitative estimate of drug-likeness (QED) is 0.686. The molecule has 0 aromatic heterocycles. The zero-order chi connectivity index (χ0) is 9.19. The lowest BCUT2D eigenvalue weighted by molar-refractivity contribution is -0.119. The van der Waals surface area contributed by atoms with Crippen LogP contribution in [0.1, 0.15) is 27.2 Å². The van der Waals surface area contributed by atoms with Crippen molar-refractivity contribution in [2.45, 2.75) is 33.2 Å². The highest BCUT2D eigenvalue weighted by molar-refractivity contribution is 5.79. The fourth-order valence-electron chi connectivity index (χ4n) is 1.50. The maximum absolute atomic E-state index is 11.1. The van der Waals surface area contributed by atoms with E-state index in [0.29, 0.717) is 13.0 Å². The van der Waals surface area contributed by atoms with E-state index in [4.69, 9.17) is 4.74 Å². The van der Waals surface area contributed by atoms with Gasteiger partial charge in [-0.15, -0.1) is 0 Å². The van der Waals surface area contributed by atoms with Gasteiger partial charge in [0.05, 0.1) is 6.61 Å². The smallest absolute Gasteiger partial charge is 0.220 e. The molecule has 3 heteroatoms. The number of ether oxygens (including phenoxy) is 1. The molecule has 1 amide bonds. The van der Waals surface area contributed by atoms with E-state index in [1.807, 2.05) is 13.8 Å². The maximum atomic E-state index is 11.1. The molecule has 1 N–H and O–H groups in total. The molecular formula is C9H17NO2. The third-order valence-corrected chi connectivity index (χ3v) is 2.62. The number of carbonyl (C=O) groups is 1. The van der Waals surface area contributed by atoms with E-state index in [0.717, 1.165) is 6.61 Å². The molecule has 12 heavy (non-hydrogen) atoms. The molecule has 1 rings (SSSR count). The van der Waals surface area contributed by atoms with Crippen molar-refractivity contribution < 1.29 is 9.53 Å². The third-order valence-electron chi connectivity index (χ3n) is 2.62. The standard InChI is InChI=1S/C9H17NO2/c1-4-12-6-9(3)5-8(11)10-7(9)2/h7H,4-6H2,1-3H3,(H,10,11). The Hall–Kier alpha value is -0.570. The Kier molecular flexibility index (Phi) is 2.73. The molecule has 3 nitrogen and oxygen atoms in total. The second-order valence-electron chi connectivity index (χ2n) is 3.76. The topological polar surface area (TPSA) is 38.3 Å². The van der Waals surface area contributed by atoms with Crippen molar-refractivity contribution in [2.24, 2.45) is 5.41 Å². The van der Waals surface area contributed by atoms with Gasteiger partial charge in [0.25, 0.3) is 0 Å². The van der Waals surface area contributed by atoms with Crippen molar-refractivity contribution >= 4 is 5.91 Å². The third kappa shape index (κ3) is 1.78. The molecule has 1 fully saturated rings. The molecule has 0 bridgehead atoms. The van der Waals surface area contributed by atoms with Crippen LogP contribution in [0.5, 0.6) is 0 Å². The summed E-state index contributed by atoms with van der Waals surface area (Å²) in [4.78, 5) is 11.1. The van der Waals surface area contributed by atoms with Gasteiger partial charge in [-0.05, 0) is 13.8 Å². The lowest BCUT2D eigenvalue weighted by Crippen LogP contribution is -2.35. The van der Waals surface area contributed by atoms with Gasteiger partial charge in [-0.2, -0.15) is 0 Å². The molecule has 70 valence electrons. The molecular weight excluding hydrogens is 154 g/mol. The fourth-order valence-corrected chi connectivity index (χ4v) is 1.50. The first-order valence-electron chi connectivity index (χ1n) is 4.45. The Morgan fingerprint density at radius 3 is 2.83 bits per heavy atom. The molecule has 1 aliphatic heterocycles. The van der Waals surface area contributed by atoms with E-state index >= 15 is 0 Å². The maximum Gasteiger partial charge on any atom is 0.220 e. The van der Waals surface area contributed by atoms with E-state index in [1.54, 1.807) is 0 Å². The molecule has 0 aliphatic carbocycles. The van der Waals surface area contributed by atoms with Crippen LogP contribution in [-0.4, -0.2) is 25.2 Å². The summed E-state index contributed by atoms with van der Waals surface area (Å²) in [6, 6.07) is 0.233. The summed E-state index contributed by atoms with van der Waals surface area (Å²) in [5.41, 5.74) is -0.00685. The number of hydrogen-bond acceptors (Lipinski definition) is 2. The van der Waals surface area contributed by atoms with Gasteiger partial charge in [-0.25, -0.2) is 0 Å². The molecule has 0 radical (unpaired) electrons. The molecule has 2 atom stereocenters. The molecule has 1 heterocycles. The highest BCUT2D eigenvalue weighted by Gasteiger charge is 2.40. The van der Waals surface area contributed by atoms with E-state index in [1.165, 1.54) is 0 Å². The first-order valence-corrected chi connectivity index (χ1v) is 4.45. The Morgan fingerprint density at radius 1 is 1.75 bits per heavy atom. The predicted octanol–water partition coefficient (Wildman–Crippen LogP) is 0.938. The lowest BCUT2D eigenvalue weighted by atomic mass is 9.84. The zero-order valence-electron chi connectivity index (χ0n) is 8.02. The molecule has 0 aromatic rings. The van der Waals surface area contributed by atoms with Gasteiger partial charge >= 0.3 is 0 Å². The number of hydrogen-bond donors (Lipinski definition) is 1. The molecule has 0 spiro atoms. The van der Waals surface area contributed by atoms with Crippen LogP contribution in [0.2, 0.25) is 0 Å². The van der Waals surface area contributed by atoms with Gasteiger partial charge in [-0.1, -0.05) is 6.92 Å². The van der Waals surface area contributed by atoms with Gasteiger partial charge < -0.3 is 10.1 Å². The van der Waals surface area contributed by atoms with Crippen LogP contribution in [0.25, 0.3) is 0 Å². The second-order valence-corrected chi connectivity index (χ2v) is 3.76. The lowest BCUT2D eigenvalue weighted by Gasteiger charge is -2.26. The van der Waals surface area contributed by atoms with Gasteiger partial charge in [-0.3, -0.25) is 4.79 Å². The van der Waals surface area contributed by atoms with Crippen molar-refractivity contribution in [3.63, 3.8) is 0 Å². The monoisotopic (exact) mass is 171 g/mol. The normalized spacial score (nSPS) is 35.2. The summed E-state index contributed by atoms with van der Waals surface area (Å²) in [6.45, 7) is 7.48. The fraction of sp³-hybridized carbons (Fsp3) is 0.889. The Morgan fingerprint density at radius 2 is 2.42 bits per heavy atom. The summed E-state index contributed by atoms with van der Waals surface area (Å²) in [5.74, 6) is 0.143. The van der Waals surface area contributed by atoms with Crippen LogP contribution < -0.4 is 5.32 Å². The Balaban J connectivity index is 2.52. The molecule has 1 saturated heterocycles. The highest BCUT2D eigenvalue weighted by atomic mass is 16.5.